The van der Waals surface area contributed by atoms with Crippen LogP contribution >= 0.6 is 0 Å². The van der Waals surface area contributed by atoms with Gasteiger partial charge in [0.05, 0.1) is 0 Å². The maximum Gasteiger partial charge on any atom is 0.253 e. The third-order valence-corrected chi connectivity index (χ3v) is 7.68. The Morgan fingerprint density at radius 2 is 1.87 bits per heavy atom. The number of aromatic nitrogens is 2. The number of carbonyl (C=O) groups is 1. The first-order valence-electron chi connectivity index (χ1n) is 14.1. The van der Waals surface area contributed by atoms with Gasteiger partial charge in [0.1, 0.15) is 0 Å². The molecule has 1 amide bonds. The van der Waals surface area contributed by atoms with Crippen molar-refractivity contribution in [1.29, 1.82) is 0 Å². The number of benzene rings is 1. The highest BCUT2D eigenvalue weighted by molar-refractivity contribution is 5.99. The number of pyridine rings is 2. The van der Waals surface area contributed by atoms with Crippen molar-refractivity contribution in [3.63, 3.8) is 0 Å². The van der Waals surface area contributed by atoms with Crippen LogP contribution in [0.15, 0.2) is 41.3 Å². The van der Waals surface area contributed by atoms with Crippen LogP contribution in [0.1, 0.15) is 85.4 Å². The van der Waals surface area contributed by atoms with Crippen LogP contribution in [0, 0.1) is 19.8 Å². The van der Waals surface area contributed by atoms with E-state index in [9.17, 15) is 9.59 Å². The highest BCUT2D eigenvalue weighted by Crippen LogP contribution is 2.37. The molecule has 0 fully saturated rings. The molecule has 2 N–H and O–H groups in total. The molecular formula is C32H42N4O2. The summed E-state index contributed by atoms with van der Waals surface area (Å²) < 4.78 is 0. The van der Waals surface area contributed by atoms with Crippen LogP contribution in [0.2, 0.25) is 0 Å². The number of amides is 1. The molecule has 38 heavy (non-hydrogen) atoms. The number of aromatic amines is 1. The van der Waals surface area contributed by atoms with E-state index in [-0.39, 0.29) is 18.0 Å². The number of rotatable bonds is 9. The summed E-state index contributed by atoms with van der Waals surface area (Å²) in [6.07, 6.45) is 6.88. The summed E-state index contributed by atoms with van der Waals surface area (Å²) in [5.74, 6) is 0.406. The molecule has 4 rings (SSSR count). The lowest BCUT2D eigenvalue weighted by molar-refractivity contribution is 0.0949. The number of hydrogen-bond acceptors (Lipinski definition) is 4. The molecule has 0 atom stereocenters. The standard InChI is InChI=1S/C32H42N4O2/c1-7-26(8-2)36-13-9-10-27-28(31(37)34-19-29-21(5)15-22(6)35-32(29)38)16-24(17-30(27)36)23-11-12-25(33-18-23)14-20(3)4/h11-12,15-18,20,26H,7-10,13-14,19H2,1-6H3,(H,34,37)(H,35,38). The molecule has 6 nitrogen and oxygen atoms in total. The van der Waals surface area contributed by atoms with Gasteiger partial charge in [0.2, 0.25) is 0 Å². The molecule has 0 unspecified atom stereocenters. The van der Waals surface area contributed by atoms with Crippen LogP contribution in [0.3, 0.4) is 0 Å². The average Bonchev–Trinajstić information content (AvgIpc) is 2.88. The molecule has 0 saturated carbocycles. The normalized spacial score (nSPS) is 13.2. The maximum absolute atomic E-state index is 13.7. The molecule has 0 saturated heterocycles. The average molecular weight is 515 g/mol. The lowest BCUT2D eigenvalue weighted by atomic mass is 9.90. The van der Waals surface area contributed by atoms with Crippen molar-refractivity contribution in [2.45, 2.75) is 86.2 Å². The fourth-order valence-electron chi connectivity index (χ4n) is 5.70. The zero-order valence-electron chi connectivity index (χ0n) is 23.8. The van der Waals surface area contributed by atoms with Crippen molar-refractivity contribution in [3.05, 3.63) is 80.5 Å². The minimum Gasteiger partial charge on any atom is -0.368 e. The molecule has 3 heterocycles. The number of carbonyl (C=O) groups excluding carboxylic acids is 1. The number of aryl methyl sites for hydroxylation is 2. The number of anilines is 1. The smallest absolute Gasteiger partial charge is 0.253 e. The van der Waals surface area contributed by atoms with Crippen molar-refractivity contribution >= 4 is 11.6 Å². The molecule has 1 aliphatic heterocycles. The van der Waals surface area contributed by atoms with Gasteiger partial charge in [-0.25, -0.2) is 0 Å². The lowest BCUT2D eigenvalue weighted by Crippen LogP contribution is -2.39. The van der Waals surface area contributed by atoms with E-state index in [1.165, 1.54) is 0 Å². The van der Waals surface area contributed by atoms with Gasteiger partial charge in [-0.2, -0.15) is 0 Å². The Labute approximate surface area is 226 Å². The van der Waals surface area contributed by atoms with E-state index in [1.807, 2.05) is 32.2 Å². The first-order chi connectivity index (χ1) is 18.2. The summed E-state index contributed by atoms with van der Waals surface area (Å²) in [5.41, 5.74) is 8.19. The summed E-state index contributed by atoms with van der Waals surface area (Å²) >= 11 is 0. The largest absolute Gasteiger partial charge is 0.368 e. The first kappa shape index (κ1) is 27.6. The third kappa shape index (κ3) is 6.01. The molecule has 0 radical (unpaired) electrons. The molecule has 6 heteroatoms. The van der Waals surface area contributed by atoms with Gasteiger partial charge in [0.15, 0.2) is 0 Å². The quantitative estimate of drug-likeness (QED) is 0.360. The Morgan fingerprint density at radius 1 is 1.11 bits per heavy atom. The number of hydrogen-bond donors (Lipinski definition) is 2. The predicted octanol–water partition coefficient (Wildman–Crippen LogP) is 6.12. The van der Waals surface area contributed by atoms with Crippen molar-refractivity contribution in [2.75, 3.05) is 11.4 Å². The first-order valence-corrected chi connectivity index (χ1v) is 14.1. The second-order valence-corrected chi connectivity index (χ2v) is 11.1. The SMILES string of the molecule is CCC(CC)N1CCCc2c(C(=O)NCc3c(C)cc(C)[nH]c3=O)cc(-c3ccc(CC(C)C)nc3)cc21. The highest BCUT2D eigenvalue weighted by Gasteiger charge is 2.27. The van der Waals surface area contributed by atoms with E-state index < -0.39 is 0 Å². The van der Waals surface area contributed by atoms with E-state index >= 15 is 0 Å². The van der Waals surface area contributed by atoms with Crippen LogP contribution in [-0.4, -0.2) is 28.5 Å². The van der Waals surface area contributed by atoms with E-state index in [1.54, 1.807) is 0 Å². The summed E-state index contributed by atoms with van der Waals surface area (Å²) in [7, 11) is 0. The van der Waals surface area contributed by atoms with Crippen LogP contribution in [0.4, 0.5) is 5.69 Å². The van der Waals surface area contributed by atoms with E-state index in [0.29, 0.717) is 23.1 Å². The second kappa shape index (κ2) is 12.0. The Hall–Kier alpha value is -3.41. The second-order valence-electron chi connectivity index (χ2n) is 11.1. The Balaban J connectivity index is 1.74. The molecule has 1 aliphatic rings. The minimum absolute atomic E-state index is 0.141. The fraction of sp³-hybridized carbons (Fsp3) is 0.469. The molecule has 3 aromatic rings. The molecule has 0 aliphatic carbocycles. The van der Waals surface area contributed by atoms with Crippen LogP contribution in [0.25, 0.3) is 11.1 Å². The van der Waals surface area contributed by atoms with Gasteiger partial charge < -0.3 is 15.2 Å². The minimum atomic E-state index is -0.147. The van der Waals surface area contributed by atoms with E-state index in [2.05, 4.69) is 61.1 Å². The third-order valence-electron chi connectivity index (χ3n) is 7.68. The summed E-state index contributed by atoms with van der Waals surface area (Å²) in [6.45, 7) is 13.8. The van der Waals surface area contributed by atoms with Crippen LogP contribution in [-0.2, 0) is 19.4 Å². The number of nitrogens with zero attached hydrogens (tertiary/aromatic N) is 2. The van der Waals surface area contributed by atoms with Gasteiger partial charge in [-0.3, -0.25) is 14.6 Å². The zero-order chi connectivity index (χ0) is 27.4. The van der Waals surface area contributed by atoms with Gasteiger partial charge in [0, 0.05) is 59.1 Å². The monoisotopic (exact) mass is 514 g/mol. The molecule has 0 bridgehead atoms. The summed E-state index contributed by atoms with van der Waals surface area (Å²) in [4.78, 5) is 36.3. The highest BCUT2D eigenvalue weighted by atomic mass is 16.1. The number of fused-ring (bicyclic) bond motifs is 1. The van der Waals surface area contributed by atoms with E-state index in [4.69, 9.17) is 4.98 Å². The van der Waals surface area contributed by atoms with Gasteiger partial charge >= 0.3 is 0 Å². The molecule has 0 spiro atoms. The van der Waals surface area contributed by atoms with Gasteiger partial charge in [-0.15, -0.1) is 0 Å². The van der Waals surface area contributed by atoms with Crippen LogP contribution in [0.5, 0.6) is 0 Å². The van der Waals surface area contributed by atoms with Crippen molar-refractivity contribution in [3.8, 4) is 11.1 Å². The summed E-state index contributed by atoms with van der Waals surface area (Å²) in [6, 6.07) is 10.8. The van der Waals surface area contributed by atoms with E-state index in [0.717, 1.165) is 78.0 Å². The Bertz CT molecular complexity index is 1340. The topological polar surface area (TPSA) is 78.1 Å². The number of nitrogens with one attached hydrogen (secondary N) is 2. The lowest BCUT2D eigenvalue weighted by Gasteiger charge is -2.38. The Kier molecular flexibility index (Phi) is 8.70. The van der Waals surface area contributed by atoms with Crippen molar-refractivity contribution in [2.24, 2.45) is 5.92 Å². The summed E-state index contributed by atoms with van der Waals surface area (Å²) in [5, 5.41) is 3.05. The molecule has 2 aromatic heterocycles. The fourth-order valence-corrected chi connectivity index (χ4v) is 5.70. The van der Waals surface area contributed by atoms with Gasteiger partial charge in [0.25, 0.3) is 11.5 Å². The zero-order valence-corrected chi connectivity index (χ0v) is 23.8. The van der Waals surface area contributed by atoms with Gasteiger partial charge in [-0.1, -0.05) is 33.8 Å². The van der Waals surface area contributed by atoms with Gasteiger partial charge in [-0.05, 0) is 92.8 Å². The molecular weight excluding hydrogens is 472 g/mol. The van der Waals surface area contributed by atoms with Crippen LogP contribution < -0.4 is 15.8 Å². The molecule has 1 aromatic carbocycles. The maximum atomic E-state index is 13.7. The number of H-pyrrole nitrogens is 1. The van der Waals surface area contributed by atoms with Crippen molar-refractivity contribution in [1.82, 2.24) is 15.3 Å². The molecule has 202 valence electrons. The Morgan fingerprint density at radius 3 is 2.50 bits per heavy atom. The van der Waals surface area contributed by atoms with Crippen molar-refractivity contribution < 1.29 is 4.79 Å². The predicted molar refractivity (Wildman–Crippen MR) is 156 cm³/mol.